The normalized spacial score (nSPS) is 12.2. The van der Waals surface area contributed by atoms with Crippen molar-refractivity contribution in [3.8, 4) is 11.1 Å². The Bertz CT molecular complexity index is 1030. The van der Waals surface area contributed by atoms with Crippen molar-refractivity contribution in [1.82, 2.24) is 5.32 Å². The summed E-state index contributed by atoms with van der Waals surface area (Å²) < 4.78 is 38.7. The first-order valence-electron chi connectivity index (χ1n) is 9.16. The number of hydrogen-bond donors (Lipinski definition) is 2. The smallest absolute Gasteiger partial charge is 0.368 e. The van der Waals surface area contributed by atoms with Gasteiger partial charge in [-0.25, -0.2) is 0 Å². The molecule has 3 N–H and O–H groups in total. The highest BCUT2D eigenvalue weighted by Gasteiger charge is 2.30. The molecule has 3 aromatic carbocycles. The average Bonchev–Trinajstić information content (AvgIpc) is 2.73. The molecule has 0 unspecified atom stereocenters. The van der Waals surface area contributed by atoms with Crippen molar-refractivity contribution in [3.05, 3.63) is 95.6 Å². The lowest BCUT2D eigenvalue weighted by Gasteiger charge is -2.16. The van der Waals surface area contributed by atoms with Crippen molar-refractivity contribution >= 4 is 11.8 Å². The molecule has 0 radical (unpaired) electrons. The number of hydrogen-bond acceptors (Lipinski definition) is 2. The molecule has 4 nitrogen and oxygen atoms in total. The summed E-state index contributed by atoms with van der Waals surface area (Å²) in [6.07, 6.45) is -4.18. The van der Waals surface area contributed by atoms with Crippen LogP contribution in [0.25, 0.3) is 11.1 Å². The second-order valence-corrected chi connectivity index (χ2v) is 6.77. The van der Waals surface area contributed by atoms with Gasteiger partial charge < -0.3 is 11.1 Å². The molecule has 0 aliphatic rings. The zero-order valence-electron chi connectivity index (χ0n) is 15.8. The van der Waals surface area contributed by atoms with Crippen molar-refractivity contribution in [2.45, 2.75) is 18.6 Å². The Kier molecular flexibility index (Phi) is 6.20. The number of carbonyl (C=O) groups is 2. The van der Waals surface area contributed by atoms with Crippen molar-refractivity contribution in [2.24, 2.45) is 5.73 Å². The minimum Gasteiger partial charge on any atom is -0.368 e. The standard InChI is InChI=1S/C23H19F3N2O2/c24-23(25,26)19-8-4-7-18(14-19)16-9-11-17(12-10-16)22(30)28-20(21(27)29)13-15-5-2-1-3-6-15/h1-12,14,20H,13H2,(H2,27,29)(H,28,30)/t20-/m0/s1. The van der Waals surface area contributed by atoms with Crippen LogP contribution in [0.1, 0.15) is 21.5 Å². The molecule has 3 aromatic rings. The molecule has 0 fully saturated rings. The van der Waals surface area contributed by atoms with Gasteiger partial charge in [0.25, 0.3) is 5.91 Å². The first-order valence-corrected chi connectivity index (χ1v) is 9.16. The number of rotatable bonds is 6. The summed E-state index contributed by atoms with van der Waals surface area (Å²) in [4.78, 5) is 24.3. The van der Waals surface area contributed by atoms with E-state index in [-0.39, 0.29) is 12.0 Å². The van der Waals surface area contributed by atoms with E-state index >= 15 is 0 Å². The van der Waals surface area contributed by atoms with Gasteiger partial charge in [-0.1, -0.05) is 54.6 Å². The highest BCUT2D eigenvalue weighted by molar-refractivity contribution is 5.97. The highest BCUT2D eigenvalue weighted by Crippen LogP contribution is 2.32. The van der Waals surface area contributed by atoms with Crippen LogP contribution in [0.4, 0.5) is 13.2 Å². The molecule has 0 heterocycles. The Morgan fingerprint density at radius 2 is 1.53 bits per heavy atom. The van der Waals surface area contributed by atoms with Crippen LogP contribution < -0.4 is 11.1 Å². The van der Waals surface area contributed by atoms with E-state index < -0.39 is 29.6 Å². The number of amides is 2. The van der Waals surface area contributed by atoms with Gasteiger partial charge in [0.2, 0.25) is 5.91 Å². The average molecular weight is 412 g/mol. The largest absolute Gasteiger partial charge is 0.416 e. The molecule has 0 bridgehead atoms. The number of alkyl halides is 3. The molecule has 7 heteroatoms. The van der Waals surface area contributed by atoms with Crippen molar-refractivity contribution in [3.63, 3.8) is 0 Å². The molecule has 154 valence electrons. The van der Waals surface area contributed by atoms with Crippen LogP contribution in [-0.2, 0) is 17.4 Å². The molecule has 0 aliphatic carbocycles. The summed E-state index contributed by atoms with van der Waals surface area (Å²) in [6.45, 7) is 0. The fourth-order valence-electron chi connectivity index (χ4n) is 3.00. The SMILES string of the molecule is NC(=O)[C@H](Cc1ccccc1)NC(=O)c1ccc(-c2cccc(C(F)(F)F)c2)cc1. The minimum atomic E-state index is -4.43. The highest BCUT2D eigenvalue weighted by atomic mass is 19.4. The van der Waals surface area contributed by atoms with Crippen LogP contribution in [-0.4, -0.2) is 17.9 Å². The van der Waals surface area contributed by atoms with Crippen molar-refractivity contribution < 1.29 is 22.8 Å². The monoisotopic (exact) mass is 412 g/mol. The number of nitrogens with one attached hydrogen (secondary N) is 1. The van der Waals surface area contributed by atoms with Gasteiger partial charge in [-0.3, -0.25) is 9.59 Å². The zero-order chi connectivity index (χ0) is 21.7. The third kappa shape index (κ3) is 5.26. The van der Waals surface area contributed by atoms with Crippen LogP contribution in [0, 0.1) is 0 Å². The lowest BCUT2D eigenvalue weighted by molar-refractivity contribution is -0.137. The second-order valence-electron chi connectivity index (χ2n) is 6.77. The fraction of sp³-hybridized carbons (Fsp3) is 0.130. The zero-order valence-corrected chi connectivity index (χ0v) is 15.8. The third-order valence-corrected chi connectivity index (χ3v) is 4.60. The number of halogens is 3. The first-order chi connectivity index (χ1) is 14.2. The van der Waals surface area contributed by atoms with Gasteiger partial charge in [0.15, 0.2) is 0 Å². The van der Waals surface area contributed by atoms with Gasteiger partial charge in [0.1, 0.15) is 6.04 Å². The predicted octanol–water partition coefficient (Wildman–Crippen LogP) is 4.20. The molecule has 2 amide bonds. The Balaban J connectivity index is 1.74. The van der Waals surface area contributed by atoms with Gasteiger partial charge in [0.05, 0.1) is 5.56 Å². The third-order valence-electron chi connectivity index (χ3n) is 4.60. The minimum absolute atomic E-state index is 0.254. The van der Waals surface area contributed by atoms with Crippen LogP contribution in [0.15, 0.2) is 78.9 Å². The van der Waals surface area contributed by atoms with Crippen LogP contribution in [0.3, 0.4) is 0 Å². The maximum Gasteiger partial charge on any atom is 0.416 e. The second kappa shape index (κ2) is 8.82. The Morgan fingerprint density at radius 3 is 2.13 bits per heavy atom. The number of benzene rings is 3. The lowest BCUT2D eigenvalue weighted by Crippen LogP contribution is -2.45. The van der Waals surface area contributed by atoms with E-state index in [1.807, 2.05) is 30.3 Å². The topological polar surface area (TPSA) is 72.2 Å². The summed E-state index contributed by atoms with van der Waals surface area (Å²) in [5.41, 5.74) is 6.71. The van der Waals surface area contributed by atoms with E-state index in [0.717, 1.165) is 17.7 Å². The number of primary amides is 1. The molecule has 1 atom stereocenters. The molecule has 30 heavy (non-hydrogen) atoms. The van der Waals surface area contributed by atoms with Gasteiger partial charge in [-0.05, 0) is 41.0 Å². The molecular formula is C23H19F3N2O2. The van der Waals surface area contributed by atoms with E-state index in [2.05, 4.69) is 5.32 Å². The quantitative estimate of drug-likeness (QED) is 0.637. The molecule has 0 aromatic heterocycles. The Labute approximate surface area is 171 Å². The van der Waals surface area contributed by atoms with E-state index in [1.54, 1.807) is 18.2 Å². The van der Waals surface area contributed by atoms with E-state index in [4.69, 9.17) is 5.73 Å². The lowest BCUT2D eigenvalue weighted by atomic mass is 10.0. The molecule has 0 spiro atoms. The van der Waals surface area contributed by atoms with Gasteiger partial charge >= 0.3 is 6.18 Å². The van der Waals surface area contributed by atoms with Crippen LogP contribution in [0.5, 0.6) is 0 Å². The summed E-state index contributed by atoms with van der Waals surface area (Å²) in [5.74, 6) is -1.15. The van der Waals surface area contributed by atoms with E-state index in [9.17, 15) is 22.8 Å². The Hall–Kier alpha value is -3.61. The molecule has 0 saturated carbocycles. The van der Waals surface area contributed by atoms with Crippen molar-refractivity contribution in [1.29, 1.82) is 0 Å². The maximum atomic E-state index is 12.9. The van der Waals surface area contributed by atoms with Gasteiger partial charge in [0, 0.05) is 12.0 Å². The van der Waals surface area contributed by atoms with Gasteiger partial charge in [-0.2, -0.15) is 13.2 Å². The molecule has 0 saturated heterocycles. The number of nitrogens with two attached hydrogens (primary N) is 1. The van der Waals surface area contributed by atoms with Gasteiger partial charge in [-0.15, -0.1) is 0 Å². The Morgan fingerprint density at radius 1 is 0.867 bits per heavy atom. The molecule has 3 rings (SSSR count). The maximum absolute atomic E-state index is 12.9. The fourth-order valence-corrected chi connectivity index (χ4v) is 3.00. The number of carbonyl (C=O) groups excluding carboxylic acids is 2. The van der Waals surface area contributed by atoms with Crippen LogP contribution in [0.2, 0.25) is 0 Å². The first kappa shape index (κ1) is 21.1. The van der Waals surface area contributed by atoms with Crippen molar-refractivity contribution in [2.75, 3.05) is 0 Å². The molecule has 0 aliphatic heterocycles. The summed E-state index contributed by atoms with van der Waals surface area (Å²) in [5, 5.41) is 2.61. The molecular weight excluding hydrogens is 393 g/mol. The summed E-state index contributed by atoms with van der Waals surface area (Å²) in [6, 6.07) is 19.3. The van der Waals surface area contributed by atoms with E-state index in [1.165, 1.54) is 18.2 Å². The summed E-state index contributed by atoms with van der Waals surface area (Å²) in [7, 11) is 0. The predicted molar refractivity (Wildman–Crippen MR) is 107 cm³/mol. The summed E-state index contributed by atoms with van der Waals surface area (Å²) >= 11 is 0. The van der Waals surface area contributed by atoms with E-state index in [0.29, 0.717) is 11.1 Å². The van der Waals surface area contributed by atoms with Crippen LogP contribution >= 0.6 is 0 Å².